The van der Waals surface area contributed by atoms with Gasteiger partial charge in [0.2, 0.25) is 0 Å². The average Bonchev–Trinajstić information content (AvgIpc) is 2.80. The summed E-state index contributed by atoms with van der Waals surface area (Å²) in [6, 6.07) is 27.7. The van der Waals surface area contributed by atoms with Crippen LogP contribution in [-0.2, 0) is 19.4 Å². The van der Waals surface area contributed by atoms with Crippen molar-refractivity contribution in [3.8, 4) is 0 Å². The highest BCUT2D eigenvalue weighted by atomic mass is 16.3. The zero-order valence-electron chi connectivity index (χ0n) is 17.3. The van der Waals surface area contributed by atoms with E-state index in [2.05, 4.69) is 5.32 Å². The van der Waals surface area contributed by atoms with E-state index in [-0.39, 0.29) is 6.03 Å². The Kier molecular flexibility index (Phi) is 6.65. The molecule has 3 aromatic rings. The van der Waals surface area contributed by atoms with Crippen molar-refractivity contribution in [2.45, 2.75) is 43.7 Å². The van der Waals surface area contributed by atoms with Crippen LogP contribution in [0.1, 0.15) is 16.7 Å². The van der Waals surface area contributed by atoms with Gasteiger partial charge in [0.25, 0.3) is 0 Å². The zero-order chi connectivity index (χ0) is 21.6. The number of urea groups is 1. The maximum Gasteiger partial charge on any atom is 0.318 e. The molecule has 1 aliphatic heterocycles. The molecule has 2 amide bonds. The number of rotatable bonds is 7. The predicted octanol–water partition coefficient (Wildman–Crippen LogP) is 3.16. The van der Waals surface area contributed by atoms with Crippen LogP contribution in [0.15, 0.2) is 91.0 Å². The van der Waals surface area contributed by atoms with E-state index < -0.39 is 24.3 Å². The Morgan fingerprint density at radius 1 is 0.806 bits per heavy atom. The first kappa shape index (κ1) is 21.1. The van der Waals surface area contributed by atoms with Gasteiger partial charge in [-0.1, -0.05) is 91.0 Å². The van der Waals surface area contributed by atoms with Gasteiger partial charge in [0.15, 0.2) is 0 Å². The molecule has 4 atom stereocenters. The summed E-state index contributed by atoms with van der Waals surface area (Å²) in [5.74, 6) is 0. The van der Waals surface area contributed by atoms with E-state index in [1.54, 1.807) is 4.90 Å². The molecule has 0 unspecified atom stereocenters. The highest BCUT2D eigenvalue weighted by Crippen LogP contribution is 2.24. The second-order valence-corrected chi connectivity index (χ2v) is 8.09. The summed E-state index contributed by atoms with van der Waals surface area (Å²) in [7, 11) is 0. The summed E-state index contributed by atoms with van der Waals surface area (Å²) >= 11 is 0. The Morgan fingerprint density at radius 2 is 1.32 bits per heavy atom. The Bertz CT molecular complexity index is 966. The zero-order valence-corrected chi connectivity index (χ0v) is 17.3. The maximum atomic E-state index is 13.1. The second-order valence-electron chi connectivity index (χ2n) is 8.09. The minimum atomic E-state index is -0.916. The fourth-order valence-corrected chi connectivity index (χ4v) is 4.25. The van der Waals surface area contributed by atoms with E-state index in [1.807, 2.05) is 91.0 Å². The predicted molar refractivity (Wildman–Crippen MR) is 120 cm³/mol. The lowest BCUT2D eigenvalue weighted by Crippen LogP contribution is -2.68. The van der Waals surface area contributed by atoms with Crippen molar-refractivity contribution in [2.24, 2.45) is 0 Å². The third-order valence-corrected chi connectivity index (χ3v) is 5.90. The van der Waals surface area contributed by atoms with E-state index in [9.17, 15) is 15.0 Å². The van der Waals surface area contributed by atoms with Crippen molar-refractivity contribution >= 4 is 6.03 Å². The molecular weight excluding hydrogens is 388 g/mol. The van der Waals surface area contributed by atoms with Gasteiger partial charge in [0.05, 0.1) is 24.3 Å². The smallest absolute Gasteiger partial charge is 0.318 e. The molecular formula is C26H28N2O3. The van der Waals surface area contributed by atoms with Gasteiger partial charge in [0, 0.05) is 13.0 Å². The van der Waals surface area contributed by atoms with Gasteiger partial charge >= 0.3 is 6.03 Å². The molecule has 1 fully saturated rings. The number of nitrogens with zero attached hydrogens (tertiary/aromatic N) is 1. The minimum absolute atomic E-state index is 0.271. The second kappa shape index (κ2) is 9.77. The first-order chi connectivity index (χ1) is 15.1. The molecule has 3 aromatic carbocycles. The number of hydrogen-bond acceptors (Lipinski definition) is 3. The van der Waals surface area contributed by atoms with Crippen molar-refractivity contribution in [1.29, 1.82) is 0 Å². The highest BCUT2D eigenvalue weighted by Gasteiger charge is 2.43. The Labute approximate surface area is 183 Å². The summed E-state index contributed by atoms with van der Waals surface area (Å²) in [5, 5.41) is 25.0. The quantitative estimate of drug-likeness (QED) is 0.554. The topological polar surface area (TPSA) is 72.8 Å². The van der Waals surface area contributed by atoms with Crippen molar-refractivity contribution in [2.75, 3.05) is 0 Å². The number of carbonyl (C=O) groups excluding carboxylic acids is 1. The van der Waals surface area contributed by atoms with Crippen LogP contribution in [-0.4, -0.2) is 45.4 Å². The number of aliphatic hydroxyl groups is 2. The van der Waals surface area contributed by atoms with Crippen LogP contribution in [0, 0.1) is 0 Å². The Morgan fingerprint density at radius 3 is 1.90 bits per heavy atom. The number of aliphatic hydroxyl groups excluding tert-OH is 2. The minimum Gasteiger partial charge on any atom is -0.391 e. The van der Waals surface area contributed by atoms with Gasteiger partial charge in [-0.3, -0.25) is 0 Å². The number of carbonyl (C=O) groups is 1. The Hall–Kier alpha value is -3.15. The SMILES string of the molecule is O=C1N[C@H]([C@@H](O)Cc2ccccc2)[C@@H](O)[C@@H](Cc2ccccc2)N1Cc1ccccc1. The van der Waals surface area contributed by atoms with E-state index >= 15 is 0 Å². The molecule has 0 aliphatic carbocycles. The van der Waals surface area contributed by atoms with Crippen LogP contribution in [0.4, 0.5) is 4.79 Å². The summed E-state index contributed by atoms with van der Waals surface area (Å²) in [4.78, 5) is 14.8. The van der Waals surface area contributed by atoms with E-state index in [4.69, 9.17) is 0 Å². The van der Waals surface area contributed by atoms with Gasteiger partial charge in [-0.05, 0) is 23.1 Å². The van der Waals surface area contributed by atoms with E-state index in [0.717, 1.165) is 16.7 Å². The lowest BCUT2D eigenvalue weighted by Gasteiger charge is -2.45. The molecule has 0 radical (unpaired) electrons. The first-order valence-electron chi connectivity index (χ1n) is 10.7. The van der Waals surface area contributed by atoms with Crippen molar-refractivity contribution < 1.29 is 15.0 Å². The van der Waals surface area contributed by atoms with Crippen LogP contribution < -0.4 is 5.32 Å². The van der Waals surface area contributed by atoms with E-state index in [1.165, 1.54) is 0 Å². The number of benzene rings is 3. The van der Waals surface area contributed by atoms with Crippen molar-refractivity contribution in [3.05, 3.63) is 108 Å². The fourth-order valence-electron chi connectivity index (χ4n) is 4.25. The molecule has 1 saturated heterocycles. The van der Waals surface area contributed by atoms with Gasteiger partial charge in [-0.15, -0.1) is 0 Å². The van der Waals surface area contributed by atoms with Crippen LogP contribution >= 0.6 is 0 Å². The number of amides is 2. The summed E-state index contributed by atoms with van der Waals surface area (Å²) in [5.41, 5.74) is 2.99. The monoisotopic (exact) mass is 416 g/mol. The maximum absolute atomic E-state index is 13.1. The van der Waals surface area contributed by atoms with Gasteiger partial charge in [-0.25, -0.2) is 4.79 Å². The molecule has 0 bridgehead atoms. The standard InChI is InChI=1S/C26H28N2O3/c29-23(17-20-12-6-2-7-13-20)24-25(30)22(16-19-10-4-1-5-11-19)28(26(31)27-24)18-21-14-8-3-9-15-21/h1-15,22-25,29-30H,16-18H2,(H,27,31)/t22-,23+,24-,25+/m1/s1. The van der Waals surface area contributed by atoms with Crippen molar-refractivity contribution in [3.63, 3.8) is 0 Å². The van der Waals surface area contributed by atoms with Crippen LogP contribution in [0.5, 0.6) is 0 Å². The summed E-state index contributed by atoms with van der Waals surface area (Å²) in [6.07, 6.45) is -0.935. The van der Waals surface area contributed by atoms with Crippen LogP contribution in [0.2, 0.25) is 0 Å². The summed E-state index contributed by atoms with van der Waals surface area (Å²) < 4.78 is 0. The number of hydrogen-bond donors (Lipinski definition) is 3. The van der Waals surface area contributed by atoms with E-state index in [0.29, 0.717) is 19.4 Å². The molecule has 3 N–H and O–H groups in total. The average molecular weight is 417 g/mol. The molecule has 1 aliphatic rings. The summed E-state index contributed by atoms with van der Waals surface area (Å²) in [6.45, 7) is 0.392. The molecule has 5 nitrogen and oxygen atoms in total. The highest BCUT2D eigenvalue weighted by molar-refractivity contribution is 5.76. The third-order valence-electron chi connectivity index (χ3n) is 5.90. The van der Waals surface area contributed by atoms with Crippen LogP contribution in [0.25, 0.3) is 0 Å². The van der Waals surface area contributed by atoms with Crippen molar-refractivity contribution in [1.82, 2.24) is 10.2 Å². The molecule has 0 saturated carbocycles. The lowest BCUT2D eigenvalue weighted by molar-refractivity contribution is -0.0286. The Balaban J connectivity index is 1.57. The number of nitrogens with one attached hydrogen (secondary N) is 1. The normalized spacial score (nSPS) is 22.1. The molecule has 0 aromatic heterocycles. The molecule has 1 heterocycles. The fraction of sp³-hybridized carbons (Fsp3) is 0.269. The van der Waals surface area contributed by atoms with Gasteiger partial charge in [-0.2, -0.15) is 0 Å². The molecule has 4 rings (SSSR count). The largest absolute Gasteiger partial charge is 0.391 e. The van der Waals surface area contributed by atoms with Gasteiger partial charge in [0.1, 0.15) is 0 Å². The lowest BCUT2D eigenvalue weighted by atomic mass is 9.88. The van der Waals surface area contributed by atoms with Gasteiger partial charge < -0.3 is 20.4 Å². The van der Waals surface area contributed by atoms with Crippen LogP contribution in [0.3, 0.4) is 0 Å². The third kappa shape index (κ3) is 5.13. The molecule has 31 heavy (non-hydrogen) atoms. The first-order valence-corrected chi connectivity index (χ1v) is 10.7. The molecule has 5 heteroatoms. The molecule has 0 spiro atoms. The molecule has 160 valence electrons.